The van der Waals surface area contributed by atoms with E-state index in [4.69, 9.17) is 23.2 Å². The Balaban J connectivity index is 2.10. The first kappa shape index (κ1) is 17.8. The Labute approximate surface area is 138 Å². The van der Waals surface area contributed by atoms with Crippen molar-refractivity contribution in [1.82, 2.24) is 9.62 Å². The molecule has 1 aliphatic heterocycles. The number of hydrogen-bond acceptors (Lipinski definition) is 4. The van der Waals surface area contributed by atoms with Crippen LogP contribution in [0.5, 0.6) is 0 Å². The smallest absolute Gasteiger partial charge is 0.344 e. The van der Waals surface area contributed by atoms with Crippen molar-refractivity contribution in [3.8, 4) is 0 Å². The van der Waals surface area contributed by atoms with E-state index in [2.05, 4.69) is 0 Å². The van der Waals surface area contributed by atoms with Gasteiger partial charge in [0.05, 0.1) is 4.34 Å². The van der Waals surface area contributed by atoms with Crippen LogP contribution in [0.4, 0.5) is 13.2 Å². The number of sulfonamides is 1. The summed E-state index contributed by atoms with van der Waals surface area (Å²) >= 11 is 12.4. The van der Waals surface area contributed by atoms with Crippen molar-refractivity contribution in [3.63, 3.8) is 0 Å². The molecule has 1 atom stereocenters. The van der Waals surface area contributed by atoms with E-state index in [0.29, 0.717) is 0 Å². The Morgan fingerprint density at radius 2 is 2.05 bits per heavy atom. The van der Waals surface area contributed by atoms with Gasteiger partial charge in [-0.15, -0.1) is 11.3 Å². The second kappa shape index (κ2) is 6.16. The highest BCUT2D eigenvalue weighted by Gasteiger charge is 2.42. The maximum atomic E-state index is 12.4. The maximum Gasteiger partial charge on any atom is 0.471 e. The monoisotopic (exact) mass is 396 g/mol. The van der Waals surface area contributed by atoms with Crippen molar-refractivity contribution in [3.05, 3.63) is 14.7 Å². The Bertz CT molecular complexity index is 690. The molecular weight excluding hydrogens is 388 g/mol. The van der Waals surface area contributed by atoms with Crippen LogP contribution >= 0.6 is 34.5 Å². The van der Waals surface area contributed by atoms with Crippen molar-refractivity contribution in [2.75, 3.05) is 13.1 Å². The van der Waals surface area contributed by atoms with Crippen molar-refractivity contribution in [2.24, 2.45) is 0 Å². The molecule has 1 unspecified atom stereocenters. The van der Waals surface area contributed by atoms with Crippen LogP contribution in [0.15, 0.2) is 11.0 Å². The molecule has 0 spiro atoms. The summed E-state index contributed by atoms with van der Waals surface area (Å²) in [6, 6.07) is 0.280. The average Bonchev–Trinajstić information content (AvgIpc) is 2.95. The summed E-state index contributed by atoms with van der Waals surface area (Å²) in [4.78, 5) is 10.7. The normalized spacial score (nSPS) is 20.3. The molecule has 1 aliphatic rings. The molecule has 12 heteroatoms. The fraction of sp³-hybridized carbons (Fsp3) is 0.500. The fourth-order valence-corrected chi connectivity index (χ4v) is 5.58. The van der Waals surface area contributed by atoms with Crippen LogP contribution in [0, 0.1) is 0 Å². The quantitative estimate of drug-likeness (QED) is 0.853. The molecule has 1 fully saturated rings. The molecule has 124 valence electrons. The standard InChI is InChI=1S/C10H9Cl2F3N2O3S2/c11-7-3-6(8(12)21-7)22(19,20)17-2-1-5(4-17)16-9(18)10(13,14)15/h3,5H,1-2,4H2,(H,16,18). The van der Waals surface area contributed by atoms with Gasteiger partial charge in [-0.3, -0.25) is 4.79 Å². The lowest BCUT2D eigenvalue weighted by Gasteiger charge is -2.17. The molecular formula is C10H9Cl2F3N2O3S2. The number of hydrogen-bond donors (Lipinski definition) is 1. The topological polar surface area (TPSA) is 66.5 Å². The average molecular weight is 397 g/mol. The minimum Gasteiger partial charge on any atom is -0.344 e. The number of thiophene rings is 1. The van der Waals surface area contributed by atoms with E-state index in [9.17, 15) is 26.4 Å². The fourth-order valence-electron chi connectivity index (χ4n) is 1.97. The highest BCUT2D eigenvalue weighted by Crippen LogP contribution is 2.36. The minimum atomic E-state index is -5.00. The van der Waals surface area contributed by atoms with E-state index in [1.165, 1.54) is 6.07 Å². The summed E-state index contributed by atoms with van der Waals surface area (Å²) in [5.74, 6) is -2.09. The molecule has 22 heavy (non-hydrogen) atoms. The number of halogens is 5. The summed E-state index contributed by atoms with van der Waals surface area (Å²) in [6.45, 7) is -0.275. The van der Waals surface area contributed by atoms with Gasteiger partial charge in [-0.1, -0.05) is 23.2 Å². The molecule has 0 bridgehead atoms. The second-order valence-corrected chi connectivity index (χ2v) is 8.70. The largest absolute Gasteiger partial charge is 0.471 e. The molecule has 1 aromatic heterocycles. The summed E-state index contributed by atoms with van der Waals surface area (Å²) in [7, 11) is -3.96. The molecule has 1 amide bonds. The van der Waals surface area contributed by atoms with E-state index in [-0.39, 0.29) is 33.1 Å². The van der Waals surface area contributed by atoms with Crippen LogP contribution in [0.3, 0.4) is 0 Å². The second-order valence-electron chi connectivity index (χ2n) is 4.51. The van der Waals surface area contributed by atoms with Gasteiger partial charge >= 0.3 is 12.1 Å². The maximum absolute atomic E-state index is 12.4. The van der Waals surface area contributed by atoms with Crippen molar-refractivity contribution in [2.45, 2.75) is 23.5 Å². The lowest BCUT2D eigenvalue weighted by Crippen LogP contribution is -2.44. The predicted molar refractivity (Wildman–Crippen MR) is 75.7 cm³/mol. The van der Waals surface area contributed by atoms with Crippen molar-refractivity contribution < 1.29 is 26.4 Å². The summed E-state index contributed by atoms with van der Waals surface area (Å²) < 4.78 is 62.4. The molecule has 0 aliphatic carbocycles. The number of rotatable bonds is 3. The highest BCUT2D eigenvalue weighted by molar-refractivity contribution is 7.89. The summed E-state index contributed by atoms with van der Waals surface area (Å²) in [6.07, 6.45) is -4.92. The highest BCUT2D eigenvalue weighted by atomic mass is 35.5. The van der Waals surface area contributed by atoms with E-state index in [0.717, 1.165) is 15.6 Å². The molecule has 0 aromatic carbocycles. The number of carbonyl (C=O) groups is 1. The van der Waals surface area contributed by atoms with Gasteiger partial charge in [-0.05, 0) is 12.5 Å². The Morgan fingerprint density at radius 3 is 2.55 bits per heavy atom. The minimum absolute atomic E-state index is 0.0189. The van der Waals surface area contributed by atoms with Gasteiger partial charge in [0.25, 0.3) is 0 Å². The zero-order chi connectivity index (χ0) is 16.7. The van der Waals surface area contributed by atoms with Gasteiger partial charge in [-0.25, -0.2) is 8.42 Å². The number of alkyl halides is 3. The van der Waals surface area contributed by atoms with Gasteiger partial charge in [0.2, 0.25) is 10.0 Å². The van der Waals surface area contributed by atoms with Gasteiger partial charge in [0.15, 0.2) is 0 Å². The van der Waals surface area contributed by atoms with E-state index >= 15 is 0 Å². The first-order valence-electron chi connectivity index (χ1n) is 5.84. The summed E-state index contributed by atoms with van der Waals surface area (Å²) in [5, 5.41) is 1.77. The third-order valence-electron chi connectivity index (χ3n) is 2.99. The SMILES string of the molecule is O=C(NC1CCN(S(=O)(=O)c2cc(Cl)sc2Cl)C1)C(F)(F)F. The number of carbonyl (C=O) groups excluding carboxylic acids is 1. The Morgan fingerprint density at radius 1 is 1.41 bits per heavy atom. The van der Waals surface area contributed by atoms with Crippen LogP contribution in [-0.2, 0) is 14.8 Å². The lowest BCUT2D eigenvalue weighted by atomic mass is 10.2. The predicted octanol–water partition coefficient (Wildman–Crippen LogP) is 2.50. The molecule has 1 saturated heterocycles. The number of nitrogens with one attached hydrogen (secondary N) is 1. The molecule has 2 heterocycles. The zero-order valence-corrected chi connectivity index (χ0v) is 13.8. The zero-order valence-electron chi connectivity index (χ0n) is 10.7. The van der Waals surface area contributed by atoms with E-state index < -0.39 is 28.1 Å². The third-order valence-corrected chi connectivity index (χ3v) is 6.61. The molecule has 2 rings (SSSR count). The van der Waals surface area contributed by atoms with Crippen LogP contribution in [0.2, 0.25) is 8.67 Å². The Kier molecular flexibility index (Phi) is 4.98. The third kappa shape index (κ3) is 3.67. The Hall–Kier alpha value is -0.550. The van der Waals surface area contributed by atoms with E-state index in [1.54, 1.807) is 5.32 Å². The van der Waals surface area contributed by atoms with E-state index in [1.807, 2.05) is 0 Å². The first-order valence-corrected chi connectivity index (χ1v) is 8.85. The molecule has 0 saturated carbocycles. The first-order chi connectivity index (χ1) is 10.0. The molecule has 1 N–H and O–H groups in total. The molecule has 0 radical (unpaired) electrons. The summed E-state index contributed by atoms with van der Waals surface area (Å²) in [5.41, 5.74) is 0. The van der Waals surface area contributed by atoms with Gasteiger partial charge in [-0.2, -0.15) is 17.5 Å². The molecule has 1 aromatic rings. The van der Waals surface area contributed by atoms with Gasteiger partial charge < -0.3 is 5.32 Å². The number of nitrogens with zero attached hydrogens (tertiary/aromatic N) is 1. The van der Waals surface area contributed by atoms with Crippen LogP contribution in [0.1, 0.15) is 6.42 Å². The number of amides is 1. The lowest BCUT2D eigenvalue weighted by molar-refractivity contribution is -0.174. The van der Waals surface area contributed by atoms with Crippen LogP contribution in [0.25, 0.3) is 0 Å². The van der Waals surface area contributed by atoms with Crippen LogP contribution in [-0.4, -0.2) is 43.9 Å². The van der Waals surface area contributed by atoms with Crippen molar-refractivity contribution >= 4 is 50.5 Å². The van der Waals surface area contributed by atoms with Gasteiger partial charge in [0.1, 0.15) is 9.23 Å². The van der Waals surface area contributed by atoms with Crippen LogP contribution < -0.4 is 5.32 Å². The van der Waals surface area contributed by atoms with Gasteiger partial charge in [0, 0.05) is 19.1 Å². The van der Waals surface area contributed by atoms with Crippen molar-refractivity contribution in [1.29, 1.82) is 0 Å². The molecule has 5 nitrogen and oxygen atoms in total.